The zero-order valence-corrected chi connectivity index (χ0v) is 15.3. The van der Waals surface area contributed by atoms with Crippen LogP contribution in [0.25, 0.3) is 0 Å². The second-order valence-electron chi connectivity index (χ2n) is 5.57. The highest BCUT2D eigenvalue weighted by Gasteiger charge is 2.20. The number of aromatic nitrogens is 1. The minimum absolute atomic E-state index is 0.0430. The van der Waals surface area contributed by atoms with Gasteiger partial charge in [-0.05, 0) is 18.2 Å². The van der Waals surface area contributed by atoms with Gasteiger partial charge in [0.25, 0.3) is 5.91 Å². The number of benzene rings is 1. The Bertz CT molecular complexity index is 865. The molecule has 1 atom stereocenters. The van der Waals surface area contributed by atoms with Gasteiger partial charge in [-0.15, -0.1) is 0 Å². The zero-order chi connectivity index (χ0) is 18.7. The lowest BCUT2D eigenvalue weighted by molar-refractivity contribution is 0.0996. The van der Waals surface area contributed by atoms with Crippen molar-refractivity contribution in [1.82, 2.24) is 4.73 Å². The van der Waals surface area contributed by atoms with E-state index in [0.717, 1.165) is 6.42 Å². The second-order valence-corrected chi connectivity index (χ2v) is 6.38. The highest BCUT2D eigenvalue weighted by molar-refractivity contribution is 6.34. The van der Waals surface area contributed by atoms with Crippen LogP contribution < -0.4 is 14.8 Å². The fourth-order valence-electron chi connectivity index (χ4n) is 2.47. The van der Waals surface area contributed by atoms with Gasteiger partial charge in [-0.3, -0.25) is 4.79 Å². The standard InChI is InChI=1S/C17H16Cl2N2O5/c1-24-14-3-2-10(6-15(14)26-11-4-5-25-9-11)17(22)20-16-12(18)7-21(23)8-13(16)19/h2-3,6-8,11,23H,4-5,9H2,1H3. The number of pyridine rings is 1. The monoisotopic (exact) mass is 398 g/mol. The summed E-state index contributed by atoms with van der Waals surface area (Å²) in [7, 11) is 1.52. The Labute approximate surface area is 159 Å². The molecule has 1 aliphatic rings. The Morgan fingerprint density at radius 2 is 2.04 bits per heavy atom. The van der Waals surface area contributed by atoms with Crippen LogP contribution in [0.1, 0.15) is 16.8 Å². The summed E-state index contributed by atoms with van der Waals surface area (Å²) in [6.07, 6.45) is 3.04. The first-order valence-corrected chi connectivity index (χ1v) is 8.51. The number of carbonyl (C=O) groups excluding carboxylic acids is 1. The molecule has 3 rings (SSSR count). The van der Waals surface area contributed by atoms with Crippen LogP contribution in [-0.2, 0) is 4.74 Å². The van der Waals surface area contributed by atoms with Crippen molar-refractivity contribution in [2.75, 3.05) is 20.3 Å². The lowest BCUT2D eigenvalue weighted by Crippen LogP contribution is -2.16. The predicted molar refractivity (Wildman–Crippen MR) is 94.4 cm³/mol. The molecule has 138 valence electrons. The van der Waals surface area contributed by atoms with Gasteiger partial charge in [-0.1, -0.05) is 23.2 Å². The number of hydrogen-bond acceptors (Lipinski definition) is 5. The maximum Gasteiger partial charge on any atom is 0.277 e. The number of amides is 1. The molecule has 1 amide bonds. The minimum Gasteiger partial charge on any atom is -0.493 e. The van der Waals surface area contributed by atoms with Crippen LogP contribution in [0.4, 0.5) is 0 Å². The molecule has 1 saturated heterocycles. The van der Waals surface area contributed by atoms with E-state index in [1.807, 2.05) is 0 Å². The Morgan fingerprint density at radius 1 is 1.31 bits per heavy atom. The van der Waals surface area contributed by atoms with E-state index in [4.69, 9.17) is 37.4 Å². The van der Waals surface area contributed by atoms with Crippen LogP contribution in [0, 0.1) is 0 Å². The first-order valence-electron chi connectivity index (χ1n) is 7.76. The third kappa shape index (κ3) is 4.12. The summed E-state index contributed by atoms with van der Waals surface area (Å²) in [5.41, 5.74) is 0.285. The maximum atomic E-state index is 12.5. The van der Waals surface area contributed by atoms with Gasteiger partial charge >= 0.3 is 0 Å². The van der Waals surface area contributed by atoms with Crippen molar-refractivity contribution >= 4 is 29.1 Å². The van der Waals surface area contributed by atoms with Gasteiger partial charge in [0.05, 0.1) is 42.8 Å². The molecule has 2 aromatic rings. The summed E-state index contributed by atoms with van der Waals surface area (Å²) in [5.74, 6) is 0.382. The highest BCUT2D eigenvalue weighted by atomic mass is 35.5. The first kappa shape index (κ1) is 18.6. The zero-order valence-electron chi connectivity index (χ0n) is 13.8. The van der Waals surface area contributed by atoms with Gasteiger partial charge in [0, 0.05) is 12.0 Å². The van der Waals surface area contributed by atoms with E-state index in [-0.39, 0.29) is 27.1 Å². The van der Waals surface area contributed by atoms with Crippen molar-refractivity contribution in [3.05, 3.63) is 51.6 Å². The lowest BCUT2D eigenvalue weighted by atomic mass is 10.2. The van der Waals surface area contributed by atoms with Crippen molar-refractivity contribution in [2.45, 2.75) is 12.5 Å². The lowest BCUT2D eigenvalue weighted by Gasteiger charge is -2.15. The second kappa shape index (κ2) is 7.99. The summed E-state index contributed by atoms with van der Waals surface area (Å²) < 4.78 is 17.1. The van der Waals surface area contributed by atoms with E-state index >= 15 is 0 Å². The predicted octanol–water partition coefficient (Wildman–Crippen LogP) is 2.95. The quantitative estimate of drug-likeness (QED) is 0.800. The summed E-state index contributed by atoms with van der Waals surface area (Å²) in [6.45, 7) is 1.12. The topological polar surface area (TPSA) is 82.3 Å². The van der Waals surface area contributed by atoms with Gasteiger partial charge in [0.15, 0.2) is 11.5 Å². The summed E-state index contributed by atoms with van der Waals surface area (Å²) >= 11 is 12.0. The van der Waals surface area contributed by atoms with Crippen LogP contribution >= 0.6 is 23.2 Å². The van der Waals surface area contributed by atoms with E-state index in [2.05, 4.69) is 4.99 Å². The van der Waals surface area contributed by atoms with E-state index in [1.54, 1.807) is 18.2 Å². The molecule has 1 aliphatic heterocycles. The maximum absolute atomic E-state index is 12.5. The van der Waals surface area contributed by atoms with Gasteiger partial charge in [-0.2, -0.15) is 4.73 Å². The molecule has 26 heavy (non-hydrogen) atoms. The van der Waals surface area contributed by atoms with Crippen molar-refractivity contribution in [3.8, 4) is 11.5 Å². The SMILES string of the molecule is COc1ccc(C(=O)N=c2c(Cl)cn(O)cc2Cl)cc1OC1CCOC1. The molecular formula is C17H16Cl2N2O5. The molecule has 1 aromatic carbocycles. The molecular weight excluding hydrogens is 383 g/mol. The number of rotatable bonds is 4. The highest BCUT2D eigenvalue weighted by Crippen LogP contribution is 2.30. The summed E-state index contributed by atoms with van der Waals surface area (Å²) in [5, 5.41) is 9.54. The van der Waals surface area contributed by atoms with Crippen molar-refractivity contribution in [1.29, 1.82) is 0 Å². The third-order valence-electron chi connectivity index (χ3n) is 3.75. The molecule has 0 spiro atoms. The average molecular weight is 399 g/mol. The van der Waals surface area contributed by atoms with Crippen LogP contribution in [-0.4, -0.2) is 42.3 Å². The fraction of sp³-hybridized carbons (Fsp3) is 0.294. The van der Waals surface area contributed by atoms with Crippen molar-refractivity contribution in [3.63, 3.8) is 0 Å². The van der Waals surface area contributed by atoms with Gasteiger partial charge < -0.3 is 19.4 Å². The van der Waals surface area contributed by atoms with Crippen molar-refractivity contribution in [2.24, 2.45) is 4.99 Å². The third-order valence-corrected chi connectivity index (χ3v) is 4.30. The van der Waals surface area contributed by atoms with E-state index in [1.165, 1.54) is 19.5 Å². The molecule has 0 aliphatic carbocycles. The molecule has 9 heteroatoms. The summed E-state index contributed by atoms with van der Waals surface area (Å²) in [6, 6.07) is 4.75. The minimum atomic E-state index is -0.556. The number of methoxy groups -OCH3 is 1. The molecule has 2 heterocycles. The molecule has 7 nitrogen and oxygen atoms in total. The molecule has 1 aromatic heterocycles. The molecule has 1 unspecified atom stereocenters. The van der Waals surface area contributed by atoms with Crippen LogP contribution in [0.3, 0.4) is 0 Å². The first-order chi connectivity index (χ1) is 12.5. The van der Waals surface area contributed by atoms with Gasteiger partial charge in [0.2, 0.25) is 0 Å². The Balaban J connectivity index is 1.93. The van der Waals surface area contributed by atoms with Gasteiger partial charge in [0.1, 0.15) is 11.5 Å². The number of carbonyl (C=O) groups is 1. The van der Waals surface area contributed by atoms with E-state index < -0.39 is 5.91 Å². The molecule has 1 N–H and O–H groups in total. The number of nitrogens with zero attached hydrogens (tertiary/aromatic N) is 2. The average Bonchev–Trinajstić information content (AvgIpc) is 3.11. The molecule has 0 radical (unpaired) electrons. The largest absolute Gasteiger partial charge is 0.493 e. The number of hydrogen-bond donors (Lipinski definition) is 1. The van der Waals surface area contributed by atoms with Crippen LogP contribution in [0.15, 0.2) is 35.6 Å². The Kier molecular flexibility index (Phi) is 5.70. The smallest absolute Gasteiger partial charge is 0.277 e. The van der Waals surface area contributed by atoms with E-state index in [9.17, 15) is 10.0 Å². The van der Waals surface area contributed by atoms with E-state index in [0.29, 0.717) is 29.4 Å². The van der Waals surface area contributed by atoms with Crippen LogP contribution in [0.5, 0.6) is 11.5 Å². The Hall–Kier alpha value is -2.22. The molecule has 1 fully saturated rings. The van der Waals surface area contributed by atoms with Crippen molar-refractivity contribution < 1.29 is 24.2 Å². The Morgan fingerprint density at radius 3 is 2.65 bits per heavy atom. The fourth-order valence-corrected chi connectivity index (χ4v) is 3.00. The number of halogens is 2. The summed E-state index contributed by atoms with van der Waals surface area (Å²) in [4.78, 5) is 16.5. The van der Waals surface area contributed by atoms with Gasteiger partial charge in [-0.25, -0.2) is 4.99 Å². The number of ether oxygens (including phenoxy) is 3. The normalized spacial score (nSPS) is 16.3. The molecule has 0 saturated carbocycles. The van der Waals surface area contributed by atoms with Crippen LogP contribution in [0.2, 0.25) is 10.0 Å². The molecule has 0 bridgehead atoms.